The SMILES string of the molecule is CCC(=O)OC.Cc1ccc(C#Cc2ccc3c(c2)CCO3)cc1. The van der Waals surface area contributed by atoms with E-state index in [9.17, 15) is 4.79 Å². The molecule has 1 aliphatic rings. The van der Waals surface area contributed by atoms with E-state index < -0.39 is 0 Å². The Morgan fingerprint density at radius 1 is 1.12 bits per heavy atom. The van der Waals surface area contributed by atoms with Crippen LogP contribution in [0, 0.1) is 18.8 Å². The highest BCUT2D eigenvalue weighted by Gasteiger charge is 2.10. The van der Waals surface area contributed by atoms with Crippen LogP contribution in [-0.4, -0.2) is 19.7 Å². The second kappa shape index (κ2) is 8.79. The Kier molecular flexibility index (Phi) is 6.45. The molecule has 2 aromatic carbocycles. The highest BCUT2D eigenvalue weighted by atomic mass is 16.5. The van der Waals surface area contributed by atoms with Crippen LogP contribution in [0.4, 0.5) is 0 Å². The van der Waals surface area contributed by atoms with Crippen molar-refractivity contribution in [1.29, 1.82) is 0 Å². The van der Waals surface area contributed by atoms with Crippen LogP contribution in [0.1, 0.15) is 35.6 Å². The number of ether oxygens (including phenoxy) is 2. The van der Waals surface area contributed by atoms with Crippen LogP contribution in [0.3, 0.4) is 0 Å². The van der Waals surface area contributed by atoms with Gasteiger partial charge in [-0.1, -0.05) is 36.5 Å². The van der Waals surface area contributed by atoms with Crippen LogP contribution < -0.4 is 4.74 Å². The molecule has 24 heavy (non-hydrogen) atoms. The van der Waals surface area contributed by atoms with Crippen LogP contribution in [-0.2, 0) is 16.0 Å². The van der Waals surface area contributed by atoms with Crippen LogP contribution in [0.2, 0.25) is 0 Å². The van der Waals surface area contributed by atoms with Crippen LogP contribution in [0.25, 0.3) is 0 Å². The van der Waals surface area contributed by atoms with Gasteiger partial charge in [-0.2, -0.15) is 0 Å². The fraction of sp³-hybridized carbons (Fsp3) is 0.286. The molecule has 0 amide bonds. The Morgan fingerprint density at radius 3 is 2.42 bits per heavy atom. The number of hydrogen-bond donors (Lipinski definition) is 0. The van der Waals surface area contributed by atoms with Crippen molar-refractivity contribution in [3.8, 4) is 17.6 Å². The minimum Gasteiger partial charge on any atom is -0.493 e. The summed E-state index contributed by atoms with van der Waals surface area (Å²) in [5.41, 5.74) is 4.64. The number of carbonyl (C=O) groups is 1. The first-order valence-corrected chi connectivity index (χ1v) is 8.03. The number of fused-ring (bicyclic) bond motifs is 1. The number of carbonyl (C=O) groups excluding carboxylic acids is 1. The number of rotatable bonds is 1. The quantitative estimate of drug-likeness (QED) is 0.590. The second-order valence-electron chi connectivity index (χ2n) is 5.47. The molecular weight excluding hydrogens is 300 g/mol. The fourth-order valence-corrected chi connectivity index (χ4v) is 2.19. The topological polar surface area (TPSA) is 35.5 Å². The molecule has 3 heteroatoms. The number of aryl methyl sites for hydroxylation is 1. The zero-order chi connectivity index (χ0) is 17.4. The number of benzene rings is 2. The van der Waals surface area contributed by atoms with Gasteiger partial charge in [0.2, 0.25) is 0 Å². The van der Waals surface area contributed by atoms with E-state index in [1.54, 1.807) is 6.92 Å². The van der Waals surface area contributed by atoms with E-state index in [-0.39, 0.29) is 5.97 Å². The molecule has 3 rings (SSSR count). The van der Waals surface area contributed by atoms with Gasteiger partial charge in [0.15, 0.2) is 0 Å². The summed E-state index contributed by atoms with van der Waals surface area (Å²) < 4.78 is 9.74. The van der Waals surface area contributed by atoms with E-state index in [0.717, 1.165) is 29.9 Å². The molecule has 124 valence electrons. The molecule has 0 saturated heterocycles. The Morgan fingerprint density at radius 2 is 1.79 bits per heavy atom. The van der Waals surface area contributed by atoms with Gasteiger partial charge in [0, 0.05) is 24.0 Å². The summed E-state index contributed by atoms with van der Waals surface area (Å²) in [6.07, 6.45) is 1.46. The Balaban J connectivity index is 0.000000301. The third-order valence-electron chi connectivity index (χ3n) is 3.61. The van der Waals surface area contributed by atoms with Crippen LogP contribution in [0.15, 0.2) is 42.5 Å². The summed E-state index contributed by atoms with van der Waals surface area (Å²) in [6.45, 7) is 4.63. The number of methoxy groups -OCH3 is 1. The van der Waals surface area contributed by atoms with E-state index in [4.69, 9.17) is 4.74 Å². The lowest BCUT2D eigenvalue weighted by Crippen LogP contribution is -1.94. The molecular formula is C21H22O3. The highest BCUT2D eigenvalue weighted by molar-refractivity contribution is 5.68. The van der Waals surface area contributed by atoms with Crippen molar-refractivity contribution in [2.24, 2.45) is 0 Å². The average molecular weight is 322 g/mol. The molecule has 1 heterocycles. The van der Waals surface area contributed by atoms with Gasteiger partial charge < -0.3 is 9.47 Å². The monoisotopic (exact) mass is 322 g/mol. The molecule has 0 spiro atoms. The van der Waals surface area contributed by atoms with Gasteiger partial charge >= 0.3 is 5.97 Å². The maximum absolute atomic E-state index is 9.96. The normalized spacial score (nSPS) is 11.1. The fourth-order valence-electron chi connectivity index (χ4n) is 2.19. The summed E-state index contributed by atoms with van der Waals surface area (Å²) in [4.78, 5) is 9.96. The molecule has 0 bridgehead atoms. The summed E-state index contributed by atoms with van der Waals surface area (Å²) >= 11 is 0. The van der Waals surface area contributed by atoms with Gasteiger partial charge in [-0.25, -0.2) is 0 Å². The molecule has 1 aliphatic heterocycles. The lowest BCUT2D eigenvalue weighted by Gasteiger charge is -1.98. The first-order chi connectivity index (χ1) is 11.6. The molecule has 0 N–H and O–H groups in total. The van der Waals surface area contributed by atoms with Crippen molar-refractivity contribution >= 4 is 5.97 Å². The minimum absolute atomic E-state index is 0.157. The molecule has 0 atom stereocenters. The third-order valence-corrected chi connectivity index (χ3v) is 3.61. The lowest BCUT2D eigenvalue weighted by atomic mass is 10.1. The molecule has 3 nitrogen and oxygen atoms in total. The predicted molar refractivity (Wildman–Crippen MR) is 95.1 cm³/mol. The van der Waals surface area contributed by atoms with Crippen molar-refractivity contribution in [2.75, 3.05) is 13.7 Å². The van der Waals surface area contributed by atoms with Crippen molar-refractivity contribution in [3.05, 3.63) is 64.7 Å². The van der Waals surface area contributed by atoms with Crippen molar-refractivity contribution < 1.29 is 14.3 Å². The molecule has 0 saturated carbocycles. The van der Waals surface area contributed by atoms with Gasteiger partial charge in [0.25, 0.3) is 0 Å². The van der Waals surface area contributed by atoms with Gasteiger partial charge in [0.1, 0.15) is 5.75 Å². The lowest BCUT2D eigenvalue weighted by molar-refractivity contribution is -0.140. The Labute approximate surface area is 143 Å². The molecule has 0 aromatic heterocycles. The predicted octanol–water partition coefficient (Wildman–Crippen LogP) is 3.90. The standard InChI is InChI=1S/C17H14O.C4H8O2/c1-13-2-4-14(5-3-13)6-7-15-8-9-17-16(12-15)10-11-18-17;1-3-4(5)6-2/h2-5,8-9,12H,10-11H2,1H3;3H2,1-2H3. The maximum atomic E-state index is 9.96. The summed E-state index contributed by atoms with van der Waals surface area (Å²) in [6, 6.07) is 14.4. The smallest absolute Gasteiger partial charge is 0.305 e. The zero-order valence-corrected chi connectivity index (χ0v) is 14.4. The van der Waals surface area contributed by atoms with E-state index >= 15 is 0 Å². The molecule has 0 fully saturated rings. The van der Waals surface area contributed by atoms with E-state index in [1.807, 2.05) is 12.1 Å². The average Bonchev–Trinajstić information content (AvgIpc) is 3.09. The van der Waals surface area contributed by atoms with E-state index in [1.165, 1.54) is 18.2 Å². The number of hydrogen-bond acceptors (Lipinski definition) is 3. The van der Waals surface area contributed by atoms with Crippen molar-refractivity contribution in [3.63, 3.8) is 0 Å². The first-order valence-electron chi connectivity index (χ1n) is 8.03. The van der Waals surface area contributed by atoms with Crippen LogP contribution >= 0.6 is 0 Å². The van der Waals surface area contributed by atoms with E-state index in [0.29, 0.717) is 6.42 Å². The second-order valence-corrected chi connectivity index (χ2v) is 5.47. The highest BCUT2D eigenvalue weighted by Crippen LogP contribution is 2.25. The molecule has 0 aliphatic carbocycles. The van der Waals surface area contributed by atoms with Gasteiger partial charge in [-0.3, -0.25) is 4.79 Å². The maximum Gasteiger partial charge on any atom is 0.305 e. The number of esters is 1. The van der Waals surface area contributed by atoms with Gasteiger partial charge in [-0.05, 0) is 42.8 Å². The Hall–Kier alpha value is -2.73. The van der Waals surface area contributed by atoms with Crippen molar-refractivity contribution in [2.45, 2.75) is 26.7 Å². The summed E-state index contributed by atoms with van der Waals surface area (Å²) in [5.74, 6) is 7.25. The zero-order valence-electron chi connectivity index (χ0n) is 14.4. The van der Waals surface area contributed by atoms with Gasteiger partial charge in [0.05, 0.1) is 13.7 Å². The summed E-state index contributed by atoms with van der Waals surface area (Å²) in [7, 11) is 1.38. The van der Waals surface area contributed by atoms with Crippen molar-refractivity contribution in [1.82, 2.24) is 0 Å². The first kappa shape index (κ1) is 17.6. The van der Waals surface area contributed by atoms with Crippen LogP contribution in [0.5, 0.6) is 5.75 Å². The molecule has 0 radical (unpaired) electrons. The largest absolute Gasteiger partial charge is 0.493 e. The third kappa shape index (κ3) is 5.17. The van der Waals surface area contributed by atoms with E-state index in [2.05, 4.69) is 53.8 Å². The molecule has 0 unspecified atom stereocenters. The summed E-state index contributed by atoms with van der Waals surface area (Å²) in [5, 5.41) is 0. The Bertz CT molecular complexity index is 743. The minimum atomic E-state index is -0.157. The van der Waals surface area contributed by atoms with Gasteiger partial charge in [-0.15, -0.1) is 0 Å². The molecule has 2 aromatic rings.